The molecular weight excluding hydrogens is 248 g/mol. The van der Waals surface area contributed by atoms with Gasteiger partial charge in [0.1, 0.15) is 5.15 Å². The monoisotopic (exact) mass is 256 g/mol. The molecule has 0 aliphatic carbocycles. The summed E-state index contributed by atoms with van der Waals surface area (Å²) >= 11 is 5.80. The lowest BCUT2D eigenvalue weighted by atomic mass is 10.0. The lowest BCUT2D eigenvalue weighted by Crippen LogP contribution is -2.10. The van der Waals surface area contributed by atoms with Gasteiger partial charge in [-0.3, -0.25) is 4.79 Å². The molecular formula is C14H9ClN2O. The molecule has 0 radical (unpaired) electrons. The van der Waals surface area contributed by atoms with Gasteiger partial charge < -0.3 is 0 Å². The van der Waals surface area contributed by atoms with Crippen molar-refractivity contribution in [2.45, 2.75) is 0 Å². The van der Waals surface area contributed by atoms with Gasteiger partial charge in [0.25, 0.3) is 5.56 Å². The minimum absolute atomic E-state index is 0.241. The van der Waals surface area contributed by atoms with Crippen LogP contribution >= 0.6 is 11.6 Å². The zero-order valence-electron chi connectivity index (χ0n) is 9.35. The number of hydrogen-bond donors (Lipinski definition) is 1. The molecule has 1 heterocycles. The number of H-pyrrole nitrogens is 1. The third-order valence-electron chi connectivity index (χ3n) is 2.83. The van der Waals surface area contributed by atoms with Crippen LogP contribution in [0.1, 0.15) is 0 Å². The zero-order chi connectivity index (χ0) is 12.5. The van der Waals surface area contributed by atoms with Crippen LogP contribution in [0.25, 0.3) is 21.9 Å². The Morgan fingerprint density at radius 1 is 1.00 bits per heavy atom. The first kappa shape index (κ1) is 11.0. The average molecular weight is 257 g/mol. The maximum Gasteiger partial charge on any atom is 0.272 e. The number of hydrogen-bond acceptors (Lipinski definition) is 2. The Labute approximate surface area is 108 Å². The molecule has 0 unspecified atom stereocenters. The topological polar surface area (TPSA) is 45.8 Å². The van der Waals surface area contributed by atoms with E-state index in [-0.39, 0.29) is 10.7 Å². The molecule has 1 aromatic heterocycles. The third kappa shape index (κ3) is 1.89. The predicted octanol–water partition coefficient (Wildman–Crippen LogP) is 3.24. The summed E-state index contributed by atoms with van der Waals surface area (Å²) < 4.78 is 0. The molecule has 2 aromatic carbocycles. The fraction of sp³-hybridized carbons (Fsp3) is 0. The fourth-order valence-electron chi connectivity index (χ4n) is 1.95. The summed E-state index contributed by atoms with van der Waals surface area (Å²) in [7, 11) is 0. The molecule has 0 bridgehead atoms. The van der Waals surface area contributed by atoms with E-state index in [9.17, 15) is 4.79 Å². The summed E-state index contributed by atoms with van der Waals surface area (Å²) in [6.45, 7) is 0. The molecule has 0 spiro atoms. The summed E-state index contributed by atoms with van der Waals surface area (Å²) in [5, 5.41) is 8.53. The van der Waals surface area contributed by atoms with E-state index in [1.165, 1.54) is 0 Å². The third-order valence-corrected chi connectivity index (χ3v) is 3.03. The van der Waals surface area contributed by atoms with Gasteiger partial charge >= 0.3 is 0 Å². The van der Waals surface area contributed by atoms with Gasteiger partial charge in [0.15, 0.2) is 0 Å². The maximum atomic E-state index is 11.7. The minimum Gasteiger partial charge on any atom is -0.267 e. The van der Waals surface area contributed by atoms with Crippen molar-refractivity contribution in [3.63, 3.8) is 0 Å². The van der Waals surface area contributed by atoms with Gasteiger partial charge in [-0.1, -0.05) is 48.0 Å². The Balaban J connectivity index is 2.25. The lowest BCUT2D eigenvalue weighted by Gasteiger charge is -2.03. The Morgan fingerprint density at radius 3 is 2.61 bits per heavy atom. The van der Waals surface area contributed by atoms with Crippen molar-refractivity contribution in [2.24, 2.45) is 0 Å². The van der Waals surface area contributed by atoms with E-state index in [1.54, 1.807) is 6.07 Å². The molecule has 0 aliphatic heterocycles. The minimum atomic E-state index is -0.241. The molecule has 3 nitrogen and oxygen atoms in total. The molecule has 1 N–H and O–H groups in total. The van der Waals surface area contributed by atoms with Crippen LogP contribution in [-0.4, -0.2) is 10.2 Å². The molecule has 0 amide bonds. The summed E-state index contributed by atoms with van der Waals surface area (Å²) in [5.74, 6) is 0. The smallest absolute Gasteiger partial charge is 0.267 e. The summed E-state index contributed by atoms with van der Waals surface area (Å²) in [5.41, 5.74) is 1.12. The highest BCUT2D eigenvalue weighted by Gasteiger charge is 2.05. The van der Waals surface area contributed by atoms with Crippen LogP contribution in [0.2, 0.25) is 5.15 Å². The summed E-state index contributed by atoms with van der Waals surface area (Å²) in [6.07, 6.45) is 0. The van der Waals surface area contributed by atoms with Crippen molar-refractivity contribution in [2.75, 3.05) is 0 Å². The number of fused-ring (bicyclic) bond motifs is 1. The molecule has 88 valence electrons. The number of halogens is 1. The highest BCUT2D eigenvalue weighted by Crippen LogP contribution is 2.22. The Bertz CT molecular complexity index is 780. The molecule has 18 heavy (non-hydrogen) atoms. The quantitative estimate of drug-likeness (QED) is 0.726. The van der Waals surface area contributed by atoms with Gasteiger partial charge in [0, 0.05) is 0 Å². The maximum absolute atomic E-state index is 11.7. The predicted molar refractivity (Wildman–Crippen MR) is 72.8 cm³/mol. The second kappa shape index (κ2) is 4.27. The van der Waals surface area contributed by atoms with Crippen LogP contribution in [0.5, 0.6) is 0 Å². The van der Waals surface area contributed by atoms with Gasteiger partial charge in [0.2, 0.25) is 0 Å². The SMILES string of the molecule is O=c1[nH]nc(Cl)cc1-c1ccc2ccccc2c1. The van der Waals surface area contributed by atoms with Gasteiger partial charge in [-0.2, -0.15) is 5.10 Å². The first-order chi connectivity index (χ1) is 8.74. The molecule has 0 saturated carbocycles. The van der Waals surface area contributed by atoms with Crippen LogP contribution in [-0.2, 0) is 0 Å². The van der Waals surface area contributed by atoms with E-state index in [1.807, 2.05) is 42.5 Å². The van der Waals surface area contributed by atoms with Crippen LogP contribution in [0.3, 0.4) is 0 Å². The van der Waals surface area contributed by atoms with E-state index in [4.69, 9.17) is 11.6 Å². The van der Waals surface area contributed by atoms with E-state index >= 15 is 0 Å². The van der Waals surface area contributed by atoms with Crippen molar-refractivity contribution in [1.82, 2.24) is 10.2 Å². The molecule has 3 aromatic rings. The molecule has 0 atom stereocenters. The van der Waals surface area contributed by atoms with Gasteiger partial charge in [0.05, 0.1) is 5.56 Å². The van der Waals surface area contributed by atoms with E-state index in [2.05, 4.69) is 10.2 Å². The second-order valence-corrected chi connectivity index (χ2v) is 4.38. The van der Waals surface area contributed by atoms with Crippen LogP contribution in [0, 0.1) is 0 Å². The van der Waals surface area contributed by atoms with Gasteiger partial charge in [-0.05, 0) is 28.5 Å². The summed E-state index contributed by atoms with van der Waals surface area (Å²) in [4.78, 5) is 11.7. The van der Waals surface area contributed by atoms with Crippen molar-refractivity contribution >= 4 is 22.4 Å². The highest BCUT2D eigenvalue weighted by molar-refractivity contribution is 6.29. The summed E-state index contributed by atoms with van der Waals surface area (Å²) in [6, 6.07) is 15.4. The second-order valence-electron chi connectivity index (χ2n) is 4.00. The van der Waals surface area contributed by atoms with E-state index < -0.39 is 0 Å². The largest absolute Gasteiger partial charge is 0.272 e. The number of nitrogens with zero attached hydrogens (tertiary/aromatic N) is 1. The molecule has 0 saturated heterocycles. The first-order valence-corrected chi connectivity index (χ1v) is 5.86. The lowest BCUT2D eigenvalue weighted by molar-refractivity contribution is 0.992. The normalized spacial score (nSPS) is 10.7. The molecule has 0 fully saturated rings. The van der Waals surface area contributed by atoms with Crippen LogP contribution < -0.4 is 5.56 Å². The Kier molecular flexibility index (Phi) is 2.61. The van der Waals surface area contributed by atoms with E-state index in [0.717, 1.165) is 16.3 Å². The number of aromatic nitrogens is 2. The fourth-order valence-corrected chi connectivity index (χ4v) is 2.10. The average Bonchev–Trinajstić information content (AvgIpc) is 2.41. The van der Waals surface area contributed by atoms with Crippen molar-refractivity contribution in [3.05, 3.63) is 64.0 Å². The Morgan fingerprint density at radius 2 is 1.78 bits per heavy atom. The molecule has 0 aliphatic rings. The number of benzene rings is 2. The van der Waals surface area contributed by atoms with Crippen molar-refractivity contribution in [3.8, 4) is 11.1 Å². The van der Waals surface area contributed by atoms with Gasteiger partial charge in [-0.15, -0.1) is 0 Å². The number of nitrogens with one attached hydrogen (secondary N) is 1. The molecule has 3 rings (SSSR count). The Hall–Kier alpha value is -2.13. The first-order valence-electron chi connectivity index (χ1n) is 5.48. The van der Waals surface area contributed by atoms with Crippen molar-refractivity contribution in [1.29, 1.82) is 0 Å². The number of rotatable bonds is 1. The molecule has 4 heteroatoms. The number of aromatic amines is 1. The van der Waals surface area contributed by atoms with Gasteiger partial charge in [-0.25, -0.2) is 5.10 Å². The van der Waals surface area contributed by atoms with Crippen molar-refractivity contribution < 1.29 is 0 Å². The van der Waals surface area contributed by atoms with E-state index in [0.29, 0.717) is 5.56 Å². The van der Waals surface area contributed by atoms with Crippen LogP contribution in [0.15, 0.2) is 53.3 Å². The highest BCUT2D eigenvalue weighted by atomic mass is 35.5. The standard InChI is InChI=1S/C14H9ClN2O/c15-13-8-12(14(18)17-16-13)11-6-5-9-3-1-2-4-10(9)7-11/h1-8H,(H,17,18). The zero-order valence-corrected chi connectivity index (χ0v) is 10.1. The van der Waals surface area contributed by atoms with Crippen LogP contribution in [0.4, 0.5) is 0 Å².